The average molecular weight is 515 g/mol. The van der Waals surface area contributed by atoms with Crippen molar-refractivity contribution in [3.05, 3.63) is 110 Å². The lowest BCUT2D eigenvalue weighted by molar-refractivity contribution is 0.102. The number of rotatable bonds is 7. The van der Waals surface area contributed by atoms with E-state index in [0.29, 0.717) is 45.4 Å². The van der Waals surface area contributed by atoms with Crippen molar-refractivity contribution < 1.29 is 9.53 Å². The molecule has 0 bridgehead atoms. The monoisotopic (exact) mass is 513 g/mol. The van der Waals surface area contributed by atoms with Crippen LogP contribution in [-0.2, 0) is 13.2 Å². The molecule has 1 amide bonds. The largest absolute Gasteiger partial charge is 0.487 e. The lowest BCUT2D eigenvalue weighted by Gasteiger charge is -2.10. The predicted molar refractivity (Wildman–Crippen MR) is 137 cm³/mol. The molecule has 1 aromatic heterocycles. The number of ether oxygens (including phenoxy) is 1. The normalized spacial score (nSPS) is 10.9. The van der Waals surface area contributed by atoms with Gasteiger partial charge in [-0.25, -0.2) is 0 Å². The summed E-state index contributed by atoms with van der Waals surface area (Å²) in [5.41, 5.74) is 4.28. The van der Waals surface area contributed by atoms with Gasteiger partial charge >= 0.3 is 0 Å². The standard InChI is InChI=1S/C26H22Cl3N3O2/c1-16-6-8-22(28)24(10-16)34-15-19-4-3-5-20(12-19)26(33)30-25-11-17(2)32(31-25)14-18-7-9-21(27)23(29)13-18/h3-13H,14-15H2,1-2H3,(H,30,31,33). The van der Waals surface area contributed by atoms with Crippen molar-refractivity contribution >= 4 is 46.5 Å². The maximum absolute atomic E-state index is 12.8. The van der Waals surface area contributed by atoms with Crippen molar-refractivity contribution in [3.63, 3.8) is 0 Å². The van der Waals surface area contributed by atoms with E-state index in [1.165, 1.54) is 0 Å². The van der Waals surface area contributed by atoms with Crippen LogP contribution in [0.25, 0.3) is 0 Å². The zero-order valence-corrected chi connectivity index (χ0v) is 20.9. The topological polar surface area (TPSA) is 56.1 Å². The van der Waals surface area contributed by atoms with Gasteiger partial charge in [0.05, 0.1) is 21.6 Å². The Kier molecular flexibility index (Phi) is 7.47. The van der Waals surface area contributed by atoms with E-state index in [2.05, 4.69) is 10.4 Å². The fourth-order valence-electron chi connectivity index (χ4n) is 3.42. The van der Waals surface area contributed by atoms with Gasteiger partial charge in [-0.3, -0.25) is 9.48 Å². The Morgan fingerprint density at radius 3 is 2.50 bits per heavy atom. The van der Waals surface area contributed by atoms with Crippen LogP contribution in [0.3, 0.4) is 0 Å². The smallest absolute Gasteiger partial charge is 0.256 e. The van der Waals surface area contributed by atoms with Gasteiger partial charge in [-0.2, -0.15) is 5.10 Å². The molecule has 0 saturated carbocycles. The second kappa shape index (κ2) is 10.5. The number of carbonyl (C=O) groups is 1. The van der Waals surface area contributed by atoms with Gasteiger partial charge in [-0.1, -0.05) is 59.1 Å². The molecule has 0 aliphatic carbocycles. The molecule has 1 heterocycles. The number of anilines is 1. The van der Waals surface area contributed by atoms with Gasteiger partial charge in [-0.05, 0) is 66.9 Å². The molecule has 0 fully saturated rings. The molecule has 0 aliphatic heterocycles. The van der Waals surface area contributed by atoms with Crippen LogP contribution in [0.4, 0.5) is 5.82 Å². The molecule has 0 aliphatic rings. The molecular formula is C26H22Cl3N3O2. The summed E-state index contributed by atoms with van der Waals surface area (Å²) in [7, 11) is 0. The van der Waals surface area contributed by atoms with Crippen LogP contribution in [0.5, 0.6) is 5.75 Å². The van der Waals surface area contributed by atoms with Gasteiger partial charge in [-0.15, -0.1) is 0 Å². The molecule has 0 atom stereocenters. The first-order valence-corrected chi connectivity index (χ1v) is 11.7. The molecular weight excluding hydrogens is 493 g/mol. The predicted octanol–water partition coefficient (Wildman–Crippen LogP) is 7.34. The quantitative estimate of drug-likeness (QED) is 0.281. The summed E-state index contributed by atoms with van der Waals surface area (Å²) in [5.74, 6) is 0.824. The second-order valence-electron chi connectivity index (χ2n) is 7.95. The molecule has 4 rings (SSSR count). The molecule has 174 valence electrons. The first kappa shape index (κ1) is 24.1. The minimum atomic E-state index is -0.255. The highest BCUT2D eigenvalue weighted by molar-refractivity contribution is 6.42. The van der Waals surface area contributed by atoms with Gasteiger partial charge in [0, 0.05) is 17.3 Å². The van der Waals surface area contributed by atoms with E-state index in [-0.39, 0.29) is 5.91 Å². The third kappa shape index (κ3) is 5.92. The maximum atomic E-state index is 12.8. The molecule has 5 nitrogen and oxygen atoms in total. The highest BCUT2D eigenvalue weighted by atomic mass is 35.5. The molecule has 0 spiro atoms. The summed E-state index contributed by atoms with van der Waals surface area (Å²) in [4.78, 5) is 12.8. The van der Waals surface area contributed by atoms with E-state index in [9.17, 15) is 4.79 Å². The number of nitrogens with zero attached hydrogens (tertiary/aromatic N) is 2. The lowest BCUT2D eigenvalue weighted by atomic mass is 10.1. The van der Waals surface area contributed by atoms with Crippen molar-refractivity contribution in [1.29, 1.82) is 0 Å². The summed E-state index contributed by atoms with van der Waals surface area (Å²) >= 11 is 18.3. The minimum Gasteiger partial charge on any atom is -0.487 e. The number of hydrogen-bond acceptors (Lipinski definition) is 3. The zero-order chi connectivity index (χ0) is 24.2. The van der Waals surface area contributed by atoms with Crippen molar-refractivity contribution in [2.75, 3.05) is 5.32 Å². The number of carbonyl (C=O) groups excluding carboxylic acids is 1. The minimum absolute atomic E-state index is 0.255. The van der Waals surface area contributed by atoms with Crippen LogP contribution in [0, 0.1) is 13.8 Å². The number of benzene rings is 3. The summed E-state index contributed by atoms with van der Waals surface area (Å²) < 4.78 is 7.65. The number of nitrogens with one attached hydrogen (secondary N) is 1. The molecule has 34 heavy (non-hydrogen) atoms. The summed E-state index contributed by atoms with van der Waals surface area (Å²) in [6.07, 6.45) is 0. The van der Waals surface area contributed by atoms with Crippen LogP contribution in [-0.4, -0.2) is 15.7 Å². The molecule has 0 radical (unpaired) electrons. The van der Waals surface area contributed by atoms with Crippen LogP contribution in [0.15, 0.2) is 66.7 Å². The van der Waals surface area contributed by atoms with Crippen LogP contribution >= 0.6 is 34.8 Å². The Labute approximate surface area is 213 Å². The van der Waals surface area contributed by atoms with Crippen molar-refractivity contribution in [2.24, 2.45) is 0 Å². The number of halogens is 3. The molecule has 4 aromatic rings. The number of hydrogen-bond donors (Lipinski definition) is 1. The zero-order valence-electron chi connectivity index (χ0n) is 18.6. The number of amides is 1. The van der Waals surface area contributed by atoms with E-state index in [1.54, 1.807) is 35.0 Å². The van der Waals surface area contributed by atoms with Crippen LogP contribution in [0.1, 0.15) is 32.7 Å². The highest BCUT2D eigenvalue weighted by Crippen LogP contribution is 2.26. The Balaban J connectivity index is 1.42. The van der Waals surface area contributed by atoms with E-state index < -0.39 is 0 Å². The summed E-state index contributed by atoms with van der Waals surface area (Å²) in [5, 5.41) is 8.92. The van der Waals surface area contributed by atoms with E-state index in [4.69, 9.17) is 39.5 Å². The molecule has 1 N–H and O–H groups in total. The first-order chi connectivity index (χ1) is 16.3. The van der Waals surface area contributed by atoms with Crippen molar-refractivity contribution in [2.45, 2.75) is 27.0 Å². The molecule has 8 heteroatoms. The Hall–Kier alpha value is -2.99. The third-order valence-corrected chi connectivity index (χ3v) is 6.26. The van der Waals surface area contributed by atoms with Gasteiger partial charge in [0.2, 0.25) is 0 Å². The molecule has 0 unspecified atom stereocenters. The first-order valence-electron chi connectivity index (χ1n) is 10.6. The average Bonchev–Trinajstić information content (AvgIpc) is 3.15. The number of aromatic nitrogens is 2. The molecule has 3 aromatic carbocycles. The third-order valence-electron chi connectivity index (χ3n) is 5.21. The fourth-order valence-corrected chi connectivity index (χ4v) is 3.91. The van der Waals surface area contributed by atoms with Crippen molar-refractivity contribution in [1.82, 2.24) is 9.78 Å². The van der Waals surface area contributed by atoms with Crippen molar-refractivity contribution in [3.8, 4) is 5.75 Å². The summed E-state index contributed by atoms with van der Waals surface area (Å²) in [6.45, 7) is 4.70. The second-order valence-corrected chi connectivity index (χ2v) is 9.18. The lowest BCUT2D eigenvalue weighted by Crippen LogP contribution is -2.13. The van der Waals surface area contributed by atoms with Crippen LogP contribution in [0.2, 0.25) is 15.1 Å². The van der Waals surface area contributed by atoms with E-state index in [0.717, 1.165) is 22.4 Å². The Morgan fingerprint density at radius 1 is 0.912 bits per heavy atom. The van der Waals surface area contributed by atoms with E-state index in [1.807, 2.05) is 50.2 Å². The Bertz CT molecular complexity index is 1350. The van der Waals surface area contributed by atoms with Gasteiger partial charge in [0.15, 0.2) is 5.82 Å². The van der Waals surface area contributed by atoms with E-state index >= 15 is 0 Å². The number of aryl methyl sites for hydroxylation is 2. The molecule has 0 saturated heterocycles. The van der Waals surface area contributed by atoms with Crippen LogP contribution < -0.4 is 10.1 Å². The van der Waals surface area contributed by atoms with Gasteiger partial charge < -0.3 is 10.1 Å². The highest BCUT2D eigenvalue weighted by Gasteiger charge is 2.12. The van der Waals surface area contributed by atoms with Gasteiger partial charge in [0.1, 0.15) is 12.4 Å². The summed E-state index contributed by atoms with van der Waals surface area (Å²) in [6, 6.07) is 20.1. The van der Waals surface area contributed by atoms with Gasteiger partial charge in [0.25, 0.3) is 5.91 Å². The maximum Gasteiger partial charge on any atom is 0.256 e. The SMILES string of the molecule is Cc1ccc(Cl)c(OCc2cccc(C(=O)Nc3cc(C)n(Cc4ccc(Cl)c(Cl)c4)n3)c2)c1. The fraction of sp³-hybridized carbons (Fsp3) is 0.154. The Morgan fingerprint density at radius 2 is 1.71 bits per heavy atom.